The zero-order valence-corrected chi connectivity index (χ0v) is 9.66. The summed E-state index contributed by atoms with van der Waals surface area (Å²) >= 11 is 0. The fourth-order valence-corrected chi connectivity index (χ4v) is 0.606. The third-order valence-electron chi connectivity index (χ3n) is 1.15. The molecule has 0 saturated heterocycles. The second-order valence-electron chi connectivity index (χ2n) is 2.38. The number of hydrogen-bond acceptors (Lipinski definition) is 0. The molecule has 0 aliphatic heterocycles. The van der Waals surface area contributed by atoms with Gasteiger partial charge in [0.15, 0.2) is 0 Å². The van der Waals surface area contributed by atoms with Crippen molar-refractivity contribution in [3.05, 3.63) is 13.3 Å². The van der Waals surface area contributed by atoms with Crippen molar-refractivity contribution < 1.29 is 19.5 Å². The monoisotopic (exact) mass is 176 g/mol. The molecule has 0 nitrogen and oxygen atoms in total. The summed E-state index contributed by atoms with van der Waals surface area (Å²) in [6, 6.07) is 0. The molecule has 1 heteroatoms. The minimum Gasteiger partial charge on any atom is -0.341 e. The van der Waals surface area contributed by atoms with Gasteiger partial charge in [0.1, 0.15) is 0 Å². The van der Waals surface area contributed by atoms with E-state index in [4.69, 9.17) is 0 Å². The number of hydrogen-bond donors (Lipinski definition) is 0. The average Bonchev–Trinajstić information content (AvgIpc) is 1.66. The molecule has 0 bridgehead atoms. The van der Waals surface area contributed by atoms with Gasteiger partial charge in [-0.15, -0.1) is 6.42 Å². The first-order chi connectivity index (χ1) is 3.77. The zero-order valence-electron chi connectivity index (χ0n) is 6.69. The van der Waals surface area contributed by atoms with Crippen LogP contribution in [0.3, 0.4) is 0 Å². The van der Waals surface area contributed by atoms with Crippen molar-refractivity contribution in [3.8, 4) is 0 Å². The molecule has 0 fully saturated rings. The molecule has 0 amide bonds. The summed E-state index contributed by atoms with van der Waals surface area (Å²) < 4.78 is 0. The summed E-state index contributed by atoms with van der Waals surface area (Å²) in [4.78, 5) is 0. The van der Waals surface area contributed by atoms with Gasteiger partial charge < -0.3 is 13.3 Å². The first kappa shape index (κ1) is 12.3. The number of rotatable bonds is 4. The molecule has 1 atom stereocenters. The maximum Gasteiger partial charge on any atom is 2.00 e. The van der Waals surface area contributed by atoms with Crippen molar-refractivity contribution in [2.75, 3.05) is 0 Å². The Hall–Kier alpha value is 0.623. The second-order valence-corrected chi connectivity index (χ2v) is 2.38. The molecule has 50 valence electrons. The molecule has 0 spiro atoms. The molecule has 0 aromatic carbocycles. The van der Waals surface area contributed by atoms with Crippen molar-refractivity contribution in [1.82, 2.24) is 0 Å². The summed E-state index contributed by atoms with van der Waals surface area (Å²) in [6.45, 7) is 8.22. The maximum absolute atomic E-state index is 3.89. The Bertz CT molecular complexity index is 41.8. The minimum atomic E-state index is 0. The maximum atomic E-state index is 3.89. The smallest absolute Gasteiger partial charge is 0.341 e. The summed E-state index contributed by atoms with van der Waals surface area (Å²) in [7, 11) is 0. The first-order valence-corrected chi connectivity index (χ1v) is 3.42. The van der Waals surface area contributed by atoms with E-state index in [0.29, 0.717) is 5.92 Å². The molecule has 0 aromatic heterocycles. The van der Waals surface area contributed by atoms with Crippen molar-refractivity contribution >= 4 is 0 Å². The Morgan fingerprint density at radius 1 is 1.56 bits per heavy atom. The van der Waals surface area contributed by atoms with Crippen LogP contribution in [0.15, 0.2) is 0 Å². The van der Waals surface area contributed by atoms with Gasteiger partial charge in [-0.25, -0.2) is 0 Å². The van der Waals surface area contributed by atoms with E-state index in [1.807, 2.05) is 0 Å². The summed E-state index contributed by atoms with van der Waals surface area (Å²) in [5.41, 5.74) is 0. The largest absolute Gasteiger partial charge is 2.00 e. The van der Waals surface area contributed by atoms with E-state index in [1.54, 1.807) is 0 Å². The van der Waals surface area contributed by atoms with Crippen LogP contribution >= 0.6 is 0 Å². The van der Waals surface area contributed by atoms with Crippen LogP contribution in [0.5, 0.6) is 0 Å². The van der Waals surface area contributed by atoms with E-state index in [9.17, 15) is 0 Å². The van der Waals surface area contributed by atoms with E-state index in [0.717, 1.165) is 0 Å². The van der Waals surface area contributed by atoms with Crippen LogP contribution in [0.4, 0.5) is 0 Å². The van der Waals surface area contributed by atoms with Gasteiger partial charge in [-0.3, -0.25) is 0 Å². The Balaban J connectivity index is 0. The Morgan fingerprint density at radius 3 is 2.44 bits per heavy atom. The molecular weight excluding hydrogens is 161 g/mol. The van der Waals surface area contributed by atoms with Gasteiger partial charge in [-0.1, -0.05) is 13.8 Å². The summed E-state index contributed by atoms with van der Waals surface area (Å²) in [5, 5.41) is 0. The van der Waals surface area contributed by atoms with Crippen molar-refractivity contribution in [1.29, 1.82) is 0 Å². The van der Waals surface area contributed by atoms with Crippen LogP contribution < -0.4 is 0 Å². The Kier molecular flexibility index (Phi) is 11.8. The van der Waals surface area contributed by atoms with Gasteiger partial charge in [0, 0.05) is 0 Å². The van der Waals surface area contributed by atoms with Crippen molar-refractivity contribution in [3.63, 3.8) is 0 Å². The zero-order chi connectivity index (χ0) is 6.41. The van der Waals surface area contributed by atoms with Gasteiger partial charge in [0.2, 0.25) is 0 Å². The van der Waals surface area contributed by atoms with Gasteiger partial charge >= 0.3 is 19.5 Å². The Labute approximate surface area is 72.2 Å². The average molecular weight is 178 g/mol. The SMILES string of the molecule is [CH2-][C@H](C)CC[CH-]CC.[Zn+2]. The quantitative estimate of drug-likeness (QED) is 0.352. The van der Waals surface area contributed by atoms with E-state index in [-0.39, 0.29) is 19.5 Å². The Morgan fingerprint density at radius 2 is 2.11 bits per heavy atom. The van der Waals surface area contributed by atoms with Crippen molar-refractivity contribution in [2.24, 2.45) is 5.92 Å². The predicted molar refractivity (Wildman–Crippen MR) is 38.3 cm³/mol. The molecule has 0 unspecified atom stereocenters. The van der Waals surface area contributed by atoms with Crippen LogP contribution in [0.2, 0.25) is 0 Å². The van der Waals surface area contributed by atoms with Crippen LogP contribution in [-0.2, 0) is 19.5 Å². The van der Waals surface area contributed by atoms with Crippen molar-refractivity contribution in [2.45, 2.75) is 33.1 Å². The van der Waals surface area contributed by atoms with E-state index in [1.165, 1.54) is 19.3 Å². The first-order valence-electron chi connectivity index (χ1n) is 3.42. The van der Waals surface area contributed by atoms with Crippen LogP contribution in [-0.4, -0.2) is 0 Å². The van der Waals surface area contributed by atoms with Gasteiger partial charge in [-0.2, -0.15) is 18.8 Å². The molecule has 0 radical (unpaired) electrons. The fourth-order valence-electron chi connectivity index (χ4n) is 0.606. The standard InChI is InChI=1S/C8H16.Zn/c1-4-5-6-7-8(2)3;/h5,8H,2,4,6-7H2,1,3H3;/q-2;+2/t8-;/m1./s1. The van der Waals surface area contributed by atoms with Crippen LogP contribution in [0.25, 0.3) is 0 Å². The summed E-state index contributed by atoms with van der Waals surface area (Å²) in [6.07, 6.45) is 5.99. The molecule has 0 saturated carbocycles. The van der Waals surface area contributed by atoms with Crippen LogP contribution in [0.1, 0.15) is 33.1 Å². The molecular formula is C8H16Zn. The van der Waals surface area contributed by atoms with E-state index in [2.05, 4.69) is 27.2 Å². The fraction of sp³-hybridized carbons (Fsp3) is 0.750. The minimum absolute atomic E-state index is 0. The summed E-state index contributed by atoms with van der Waals surface area (Å²) in [5.74, 6) is 0.623. The molecule has 0 aliphatic carbocycles. The predicted octanol–water partition coefficient (Wildman–Crippen LogP) is 2.85. The third kappa shape index (κ3) is 12.0. The van der Waals surface area contributed by atoms with E-state index >= 15 is 0 Å². The molecule has 0 aliphatic rings. The van der Waals surface area contributed by atoms with Crippen LogP contribution in [0, 0.1) is 19.3 Å². The topological polar surface area (TPSA) is 0 Å². The second kappa shape index (κ2) is 8.62. The molecule has 0 N–H and O–H groups in total. The molecule has 9 heavy (non-hydrogen) atoms. The number of unbranched alkanes of at least 4 members (excludes halogenated alkanes) is 2. The normalized spacial score (nSPS) is 12.3. The van der Waals surface area contributed by atoms with Gasteiger partial charge in [-0.05, 0) is 0 Å². The van der Waals surface area contributed by atoms with E-state index < -0.39 is 0 Å². The van der Waals surface area contributed by atoms with Gasteiger partial charge in [0.25, 0.3) is 0 Å². The third-order valence-corrected chi connectivity index (χ3v) is 1.15. The molecule has 0 aromatic rings. The van der Waals surface area contributed by atoms with Gasteiger partial charge in [0.05, 0.1) is 0 Å². The molecule has 0 rings (SSSR count). The molecule has 0 heterocycles.